The Morgan fingerprint density at radius 3 is 2.72 bits per heavy atom. The third-order valence-corrected chi connectivity index (χ3v) is 4.04. The summed E-state index contributed by atoms with van der Waals surface area (Å²) in [6.45, 7) is 4.00. The van der Waals surface area contributed by atoms with E-state index in [1.807, 2.05) is 0 Å². The molecule has 1 aliphatic rings. The van der Waals surface area contributed by atoms with Crippen LogP contribution in [0, 0.1) is 5.92 Å². The number of nitrogens with one attached hydrogen (secondary N) is 1. The first-order valence-electron chi connectivity index (χ1n) is 7.09. The van der Waals surface area contributed by atoms with Gasteiger partial charge in [-0.15, -0.1) is 0 Å². The summed E-state index contributed by atoms with van der Waals surface area (Å²) >= 11 is 0. The highest BCUT2D eigenvalue weighted by molar-refractivity contribution is 5.22. The molecule has 2 nitrogen and oxygen atoms in total. The Morgan fingerprint density at radius 1 is 1.28 bits per heavy atom. The van der Waals surface area contributed by atoms with Crippen LogP contribution in [0.4, 0.5) is 0 Å². The molecule has 1 aromatic rings. The van der Waals surface area contributed by atoms with Crippen molar-refractivity contribution < 1.29 is 4.74 Å². The first-order chi connectivity index (χ1) is 8.79. The number of ether oxygens (including phenoxy) is 1. The average molecular weight is 247 g/mol. The molecule has 18 heavy (non-hydrogen) atoms. The zero-order valence-corrected chi connectivity index (χ0v) is 11.6. The highest BCUT2D eigenvalue weighted by atomic mass is 16.5. The Kier molecular flexibility index (Phi) is 5.21. The molecule has 1 saturated carbocycles. The van der Waals surface area contributed by atoms with Gasteiger partial charge in [0.1, 0.15) is 0 Å². The fourth-order valence-corrected chi connectivity index (χ4v) is 2.90. The minimum absolute atomic E-state index is 0.638. The quantitative estimate of drug-likeness (QED) is 0.830. The third kappa shape index (κ3) is 3.82. The molecule has 1 N–H and O–H groups in total. The fourth-order valence-electron chi connectivity index (χ4n) is 2.90. The second kappa shape index (κ2) is 6.91. The number of benzene rings is 1. The predicted octanol–water partition coefficient (Wildman–Crippen LogP) is 3.50. The Labute approximate surface area is 111 Å². The van der Waals surface area contributed by atoms with Crippen molar-refractivity contribution in [3.63, 3.8) is 0 Å². The van der Waals surface area contributed by atoms with E-state index in [4.69, 9.17) is 4.74 Å². The minimum atomic E-state index is 0.638. The summed E-state index contributed by atoms with van der Waals surface area (Å²) < 4.78 is 5.17. The van der Waals surface area contributed by atoms with Gasteiger partial charge in [-0.3, -0.25) is 0 Å². The zero-order chi connectivity index (χ0) is 12.8. The highest BCUT2D eigenvalue weighted by Gasteiger charge is 2.20. The average Bonchev–Trinajstić information content (AvgIpc) is 2.91. The largest absolute Gasteiger partial charge is 0.380 e. The summed E-state index contributed by atoms with van der Waals surface area (Å²) in [5, 5.41) is 3.67. The summed E-state index contributed by atoms with van der Waals surface area (Å²) in [4.78, 5) is 0. The van der Waals surface area contributed by atoms with Crippen molar-refractivity contribution in [1.29, 1.82) is 0 Å². The topological polar surface area (TPSA) is 21.3 Å². The van der Waals surface area contributed by atoms with Crippen LogP contribution < -0.4 is 5.32 Å². The van der Waals surface area contributed by atoms with E-state index < -0.39 is 0 Å². The van der Waals surface area contributed by atoms with Gasteiger partial charge in [0.05, 0.1) is 6.61 Å². The van der Waals surface area contributed by atoms with Crippen molar-refractivity contribution in [3.8, 4) is 0 Å². The lowest BCUT2D eigenvalue weighted by Crippen LogP contribution is -2.31. The number of hydrogen-bond acceptors (Lipinski definition) is 2. The van der Waals surface area contributed by atoms with Crippen LogP contribution in [0.3, 0.4) is 0 Å². The van der Waals surface area contributed by atoms with Gasteiger partial charge in [0.2, 0.25) is 0 Å². The normalized spacial score (nSPS) is 18.1. The number of rotatable bonds is 6. The molecule has 0 saturated heterocycles. The lowest BCUT2D eigenvalue weighted by atomic mass is 9.99. The lowest BCUT2D eigenvalue weighted by Gasteiger charge is -2.20. The molecule has 1 fully saturated rings. The van der Waals surface area contributed by atoms with E-state index in [0.717, 1.165) is 12.5 Å². The van der Waals surface area contributed by atoms with Crippen molar-refractivity contribution in [2.24, 2.45) is 5.92 Å². The second-order valence-corrected chi connectivity index (χ2v) is 5.47. The summed E-state index contributed by atoms with van der Waals surface area (Å²) in [6, 6.07) is 9.29. The van der Waals surface area contributed by atoms with Crippen molar-refractivity contribution >= 4 is 0 Å². The van der Waals surface area contributed by atoms with Crippen LogP contribution in [-0.2, 0) is 17.9 Å². The molecule has 0 aliphatic heterocycles. The monoisotopic (exact) mass is 247 g/mol. The van der Waals surface area contributed by atoms with Crippen molar-refractivity contribution in [2.45, 2.75) is 51.8 Å². The van der Waals surface area contributed by atoms with Crippen LogP contribution in [0.25, 0.3) is 0 Å². The fraction of sp³-hybridized carbons (Fsp3) is 0.625. The molecule has 0 bridgehead atoms. The number of hydrogen-bond donors (Lipinski definition) is 1. The molecule has 100 valence electrons. The SMILES string of the molecule is COCc1cccc(CN[C@@H](C)C2CCCC2)c1. The highest BCUT2D eigenvalue weighted by Crippen LogP contribution is 2.27. The van der Waals surface area contributed by atoms with Gasteiger partial charge in [0.15, 0.2) is 0 Å². The molecule has 0 heterocycles. The van der Waals surface area contributed by atoms with Gasteiger partial charge in [-0.2, -0.15) is 0 Å². The first-order valence-corrected chi connectivity index (χ1v) is 7.09. The standard InChI is InChI=1S/C16H25NO/c1-13(16-8-3-4-9-16)17-11-14-6-5-7-15(10-14)12-18-2/h5-7,10,13,16-17H,3-4,8-9,11-12H2,1-2H3/t13-/m0/s1. The van der Waals surface area contributed by atoms with Gasteiger partial charge in [-0.25, -0.2) is 0 Å². The van der Waals surface area contributed by atoms with E-state index >= 15 is 0 Å². The summed E-state index contributed by atoms with van der Waals surface area (Å²) in [6.07, 6.45) is 5.63. The molecule has 0 aromatic heterocycles. The van der Waals surface area contributed by atoms with Gasteiger partial charge in [0, 0.05) is 19.7 Å². The van der Waals surface area contributed by atoms with Crippen LogP contribution in [-0.4, -0.2) is 13.2 Å². The first kappa shape index (κ1) is 13.6. The van der Waals surface area contributed by atoms with E-state index in [1.165, 1.54) is 36.8 Å². The van der Waals surface area contributed by atoms with Crippen LogP contribution >= 0.6 is 0 Å². The molecule has 1 aliphatic carbocycles. The lowest BCUT2D eigenvalue weighted by molar-refractivity contribution is 0.185. The van der Waals surface area contributed by atoms with Gasteiger partial charge in [-0.05, 0) is 36.8 Å². The maximum Gasteiger partial charge on any atom is 0.0713 e. The zero-order valence-electron chi connectivity index (χ0n) is 11.6. The van der Waals surface area contributed by atoms with Gasteiger partial charge in [0.25, 0.3) is 0 Å². The number of methoxy groups -OCH3 is 1. The van der Waals surface area contributed by atoms with Crippen molar-refractivity contribution in [3.05, 3.63) is 35.4 Å². The summed E-state index contributed by atoms with van der Waals surface area (Å²) in [5.74, 6) is 0.882. The molecule has 2 rings (SSSR count). The van der Waals surface area contributed by atoms with E-state index in [-0.39, 0.29) is 0 Å². The smallest absolute Gasteiger partial charge is 0.0713 e. The molecular weight excluding hydrogens is 222 g/mol. The molecule has 1 aromatic carbocycles. The van der Waals surface area contributed by atoms with E-state index in [2.05, 4.69) is 36.5 Å². The Balaban J connectivity index is 1.83. The van der Waals surface area contributed by atoms with Crippen LogP contribution in [0.15, 0.2) is 24.3 Å². The third-order valence-electron chi connectivity index (χ3n) is 4.04. The molecule has 0 radical (unpaired) electrons. The molecule has 1 atom stereocenters. The van der Waals surface area contributed by atoms with Crippen LogP contribution in [0.1, 0.15) is 43.7 Å². The maximum atomic E-state index is 5.17. The summed E-state index contributed by atoms with van der Waals surface area (Å²) in [7, 11) is 1.74. The van der Waals surface area contributed by atoms with E-state index in [9.17, 15) is 0 Å². The molecular formula is C16H25NO. The van der Waals surface area contributed by atoms with Crippen molar-refractivity contribution in [1.82, 2.24) is 5.32 Å². The maximum absolute atomic E-state index is 5.17. The van der Waals surface area contributed by atoms with E-state index in [1.54, 1.807) is 7.11 Å². The van der Waals surface area contributed by atoms with Crippen LogP contribution in [0.2, 0.25) is 0 Å². The molecule has 0 spiro atoms. The van der Waals surface area contributed by atoms with E-state index in [0.29, 0.717) is 12.6 Å². The molecule has 0 unspecified atom stereocenters. The predicted molar refractivity (Wildman–Crippen MR) is 75.4 cm³/mol. The van der Waals surface area contributed by atoms with Gasteiger partial charge < -0.3 is 10.1 Å². The second-order valence-electron chi connectivity index (χ2n) is 5.47. The van der Waals surface area contributed by atoms with Crippen molar-refractivity contribution in [2.75, 3.05) is 7.11 Å². The van der Waals surface area contributed by atoms with Gasteiger partial charge >= 0.3 is 0 Å². The van der Waals surface area contributed by atoms with Gasteiger partial charge in [-0.1, -0.05) is 37.1 Å². The minimum Gasteiger partial charge on any atom is -0.380 e. The Bertz CT molecular complexity index is 358. The molecule has 0 amide bonds. The molecule has 2 heteroatoms. The Morgan fingerprint density at radius 2 is 2.00 bits per heavy atom. The Hall–Kier alpha value is -0.860. The van der Waals surface area contributed by atoms with Crippen LogP contribution in [0.5, 0.6) is 0 Å². The summed E-state index contributed by atoms with van der Waals surface area (Å²) in [5.41, 5.74) is 2.61.